The summed E-state index contributed by atoms with van der Waals surface area (Å²) in [5.41, 5.74) is 4.65. The van der Waals surface area contributed by atoms with Gasteiger partial charge in [0.15, 0.2) is 0 Å². The Kier molecular flexibility index (Phi) is 14.9. The average molecular weight is 805 g/mol. The predicted octanol–water partition coefficient (Wildman–Crippen LogP) is 3.00. The molecule has 2 unspecified atom stereocenters. The summed E-state index contributed by atoms with van der Waals surface area (Å²) < 4.78 is 16.1. The lowest BCUT2D eigenvalue weighted by molar-refractivity contribution is -0.156. The second-order valence-electron chi connectivity index (χ2n) is 15.6. The van der Waals surface area contributed by atoms with Gasteiger partial charge in [-0.15, -0.1) is 0 Å². The summed E-state index contributed by atoms with van der Waals surface area (Å²) in [5, 5.41) is 13.2. The zero-order valence-corrected chi connectivity index (χ0v) is 33.3. The summed E-state index contributed by atoms with van der Waals surface area (Å²) in [6, 6.07) is 9.93. The van der Waals surface area contributed by atoms with Crippen molar-refractivity contribution in [2.45, 2.75) is 116 Å². The standard InChI is InChI=1S/C23H30N2O6.C19H22N2O6/c1-23(2,3)31-20(27)11-13-30-12-5-7-15-6-4-8-16-17(15)14-25(22(16)29)18-9-10-19(26)24-21(18)28;22-16-7-6-15(18(25)20-16)21-11-14-12(3-1-5-13(14)19(21)26)4-2-9-27-10-8-17(23)24/h4,6,8,18H,5,7,9-14H2,1-3H3,(H,24,26,28);1,3,5,15H,2,4,6-11H2,(H,23,24)(H,20,22,25). The number of carboxylic acids is 1. The van der Waals surface area contributed by atoms with Crippen molar-refractivity contribution in [1.82, 2.24) is 20.4 Å². The maximum atomic E-state index is 12.8. The monoisotopic (exact) mass is 804 g/mol. The van der Waals surface area contributed by atoms with Crippen molar-refractivity contribution in [2.75, 3.05) is 26.4 Å². The topological polar surface area (TPSA) is 215 Å². The first-order valence-corrected chi connectivity index (χ1v) is 19.7. The number of carbonyl (C=O) groups excluding carboxylic acids is 7. The minimum absolute atomic E-state index is 0.0177. The molecule has 0 bridgehead atoms. The van der Waals surface area contributed by atoms with Crippen molar-refractivity contribution in [3.05, 3.63) is 69.8 Å². The van der Waals surface area contributed by atoms with Crippen molar-refractivity contribution < 1.29 is 57.7 Å². The van der Waals surface area contributed by atoms with Gasteiger partial charge in [0.2, 0.25) is 23.6 Å². The van der Waals surface area contributed by atoms with E-state index < -0.39 is 35.5 Å². The number of aryl methyl sites for hydroxylation is 2. The molecule has 2 aromatic rings. The van der Waals surface area contributed by atoms with E-state index in [0.717, 1.165) is 35.1 Å². The van der Waals surface area contributed by atoms with E-state index in [9.17, 15) is 38.4 Å². The quantitative estimate of drug-likeness (QED) is 0.127. The van der Waals surface area contributed by atoms with E-state index in [2.05, 4.69) is 10.6 Å². The number of rotatable bonds is 16. The summed E-state index contributed by atoms with van der Waals surface area (Å²) in [6.45, 7) is 7.65. The number of nitrogens with one attached hydrogen (secondary N) is 2. The largest absolute Gasteiger partial charge is 0.481 e. The maximum absolute atomic E-state index is 12.8. The molecule has 4 aliphatic heterocycles. The fraction of sp³-hybridized carbons (Fsp3) is 0.524. The average Bonchev–Trinajstić information content (AvgIpc) is 3.67. The number of nitrogens with zero attached hydrogens (tertiary/aromatic N) is 2. The fourth-order valence-corrected chi connectivity index (χ4v) is 7.41. The van der Waals surface area contributed by atoms with Crippen LogP contribution in [0, 0.1) is 0 Å². The number of carbonyl (C=O) groups is 8. The highest BCUT2D eigenvalue weighted by atomic mass is 16.6. The maximum Gasteiger partial charge on any atom is 0.308 e. The van der Waals surface area contributed by atoms with Crippen molar-refractivity contribution in [3.8, 4) is 0 Å². The van der Waals surface area contributed by atoms with Crippen LogP contribution < -0.4 is 10.6 Å². The lowest BCUT2D eigenvalue weighted by Crippen LogP contribution is -2.52. The van der Waals surface area contributed by atoms with E-state index in [-0.39, 0.29) is 61.9 Å². The molecule has 2 fully saturated rings. The van der Waals surface area contributed by atoms with Gasteiger partial charge in [0.25, 0.3) is 11.8 Å². The molecule has 0 spiro atoms. The van der Waals surface area contributed by atoms with Gasteiger partial charge in [0.05, 0.1) is 26.1 Å². The Bertz CT molecular complexity index is 1920. The molecular weight excluding hydrogens is 752 g/mol. The van der Waals surface area contributed by atoms with Crippen LogP contribution in [-0.2, 0) is 68.9 Å². The molecule has 0 aromatic heterocycles. The highest BCUT2D eigenvalue weighted by Gasteiger charge is 2.41. The number of carboxylic acid groups (broad SMARTS) is 1. The molecule has 16 heteroatoms. The predicted molar refractivity (Wildman–Crippen MR) is 206 cm³/mol. The Balaban J connectivity index is 0.000000223. The van der Waals surface area contributed by atoms with Crippen LogP contribution in [0.2, 0.25) is 0 Å². The molecule has 4 aliphatic rings. The molecule has 0 saturated carbocycles. The number of amides is 6. The number of aliphatic carboxylic acids is 1. The van der Waals surface area contributed by atoms with E-state index in [1.54, 1.807) is 21.9 Å². The lowest BCUT2D eigenvalue weighted by atomic mass is 10.00. The summed E-state index contributed by atoms with van der Waals surface area (Å²) in [5.74, 6) is -2.93. The molecule has 58 heavy (non-hydrogen) atoms. The third kappa shape index (κ3) is 11.6. The van der Waals surface area contributed by atoms with Crippen molar-refractivity contribution in [2.24, 2.45) is 0 Å². The van der Waals surface area contributed by atoms with E-state index in [1.165, 1.54) is 0 Å². The molecule has 4 heterocycles. The van der Waals surface area contributed by atoms with Crippen molar-refractivity contribution in [3.63, 3.8) is 0 Å². The molecule has 2 atom stereocenters. The second-order valence-corrected chi connectivity index (χ2v) is 15.6. The van der Waals surface area contributed by atoms with Gasteiger partial charge in [-0.3, -0.25) is 49.0 Å². The van der Waals surface area contributed by atoms with Crippen molar-refractivity contribution >= 4 is 47.4 Å². The first-order chi connectivity index (χ1) is 27.6. The third-order valence-electron chi connectivity index (χ3n) is 10.2. The number of benzene rings is 2. The molecule has 16 nitrogen and oxygen atoms in total. The molecule has 3 N–H and O–H groups in total. The van der Waals surface area contributed by atoms with Gasteiger partial charge in [-0.2, -0.15) is 0 Å². The van der Waals surface area contributed by atoms with Gasteiger partial charge >= 0.3 is 11.9 Å². The summed E-state index contributed by atoms with van der Waals surface area (Å²) in [7, 11) is 0. The Morgan fingerprint density at radius 2 is 1.14 bits per heavy atom. The smallest absolute Gasteiger partial charge is 0.308 e. The molecular formula is C42H52N4O12. The Hall–Kier alpha value is -5.48. The van der Waals surface area contributed by atoms with Crippen LogP contribution in [0.25, 0.3) is 0 Å². The highest BCUT2D eigenvalue weighted by Crippen LogP contribution is 2.32. The zero-order chi connectivity index (χ0) is 42.0. The van der Waals surface area contributed by atoms with Gasteiger partial charge < -0.3 is 29.1 Å². The summed E-state index contributed by atoms with van der Waals surface area (Å²) >= 11 is 0. The van der Waals surface area contributed by atoms with Crippen LogP contribution in [0.4, 0.5) is 0 Å². The van der Waals surface area contributed by atoms with Crippen LogP contribution in [0.1, 0.15) is 115 Å². The van der Waals surface area contributed by atoms with Crippen LogP contribution >= 0.6 is 0 Å². The van der Waals surface area contributed by atoms with Gasteiger partial charge in [0.1, 0.15) is 17.7 Å². The molecule has 2 saturated heterocycles. The van der Waals surface area contributed by atoms with Crippen LogP contribution in [0.5, 0.6) is 0 Å². The van der Waals surface area contributed by atoms with Crippen LogP contribution in [-0.4, -0.2) is 106 Å². The first-order valence-electron chi connectivity index (χ1n) is 19.7. The minimum Gasteiger partial charge on any atom is -0.481 e. The van der Waals surface area contributed by atoms with E-state index >= 15 is 0 Å². The Morgan fingerprint density at radius 3 is 1.55 bits per heavy atom. The number of piperidine rings is 2. The SMILES string of the molecule is CC(C)(C)OC(=O)CCOCCCc1cccc2c1CN(C1CCC(=O)NC1=O)C2=O.O=C(O)CCOCCCc1cccc2c1CN(C1CCC(=O)NC1=O)C2=O. The number of hydrogen-bond acceptors (Lipinski definition) is 11. The van der Waals surface area contributed by atoms with E-state index in [4.69, 9.17) is 19.3 Å². The number of ether oxygens (including phenoxy) is 3. The van der Waals surface area contributed by atoms with E-state index in [0.29, 0.717) is 69.7 Å². The minimum atomic E-state index is -0.886. The first kappa shape index (κ1) is 43.6. The molecule has 6 rings (SSSR count). The van der Waals surface area contributed by atoms with Gasteiger partial charge in [-0.25, -0.2) is 0 Å². The van der Waals surface area contributed by atoms with Gasteiger partial charge in [0, 0.05) is 50.3 Å². The lowest BCUT2D eigenvalue weighted by Gasteiger charge is -2.29. The Morgan fingerprint density at radius 1 is 0.690 bits per heavy atom. The number of esters is 1. The molecule has 0 radical (unpaired) electrons. The van der Waals surface area contributed by atoms with Crippen molar-refractivity contribution in [1.29, 1.82) is 0 Å². The van der Waals surface area contributed by atoms with Gasteiger partial charge in [-0.1, -0.05) is 24.3 Å². The second kappa shape index (κ2) is 19.8. The molecule has 0 aliphatic carbocycles. The third-order valence-corrected chi connectivity index (χ3v) is 10.2. The highest BCUT2D eigenvalue weighted by molar-refractivity contribution is 6.06. The molecule has 2 aromatic carbocycles. The molecule has 312 valence electrons. The summed E-state index contributed by atoms with van der Waals surface area (Å²) in [4.78, 5) is 97.9. The van der Waals surface area contributed by atoms with Gasteiger partial charge in [-0.05, 0) is 93.7 Å². The van der Waals surface area contributed by atoms with Crippen LogP contribution in [0.3, 0.4) is 0 Å². The number of hydrogen-bond donors (Lipinski definition) is 3. The molecule has 6 amide bonds. The summed E-state index contributed by atoms with van der Waals surface area (Å²) in [6.07, 6.45) is 4.26. The number of imide groups is 2. The fourth-order valence-electron chi connectivity index (χ4n) is 7.41. The number of fused-ring (bicyclic) bond motifs is 2. The Labute approximate surface area is 336 Å². The van der Waals surface area contributed by atoms with E-state index in [1.807, 2.05) is 45.0 Å². The zero-order valence-electron chi connectivity index (χ0n) is 33.3. The normalized spacial score (nSPS) is 18.9. The van der Waals surface area contributed by atoms with Crippen LogP contribution in [0.15, 0.2) is 36.4 Å².